The highest BCUT2D eigenvalue weighted by Gasteiger charge is 2.67. The maximum absolute atomic E-state index is 12.7. The molecule has 1 amide bonds. The molecule has 2 bridgehead atoms. The first-order chi connectivity index (χ1) is 10.5. The van der Waals surface area contributed by atoms with E-state index in [1.54, 1.807) is 18.2 Å². The van der Waals surface area contributed by atoms with Crippen LogP contribution in [0.15, 0.2) is 18.2 Å². The van der Waals surface area contributed by atoms with Gasteiger partial charge in [0.2, 0.25) is 5.91 Å². The Labute approximate surface area is 145 Å². The zero-order chi connectivity index (χ0) is 15.6. The minimum atomic E-state index is -0.379. The molecular formula is C15H12BrCl2NO3. The molecule has 0 spiro atoms. The lowest BCUT2D eigenvalue weighted by Gasteiger charge is -2.27. The predicted molar refractivity (Wildman–Crippen MR) is 86.3 cm³/mol. The van der Waals surface area contributed by atoms with Crippen LogP contribution < -0.4 is 5.32 Å². The van der Waals surface area contributed by atoms with Crippen molar-refractivity contribution >= 4 is 56.7 Å². The van der Waals surface area contributed by atoms with Gasteiger partial charge in [0.25, 0.3) is 0 Å². The third-order valence-corrected chi connectivity index (χ3v) is 6.78. The Morgan fingerprint density at radius 1 is 1.32 bits per heavy atom. The van der Waals surface area contributed by atoms with E-state index < -0.39 is 0 Å². The molecule has 0 radical (unpaired) electrons. The summed E-state index contributed by atoms with van der Waals surface area (Å²) in [4.78, 5) is 24.8. The van der Waals surface area contributed by atoms with Crippen molar-refractivity contribution in [3.05, 3.63) is 28.2 Å². The second-order valence-electron chi connectivity index (χ2n) is 6.07. The highest BCUT2D eigenvalue weighted by Crippen LogP contribution is 2.60. The Bertz CT molecular complexity index is 683. The molecule has 6 atom stereocenters. The molecular weight excluding hydrogens is 393 g/mol. The number of carbonyl (C=O) groups is 2. The van der Waals surface area contributed by atoms with Crippen molar-refractivity contribution in [3.8, 4) is 0 Å². The number of ether oxygens (including phenoxy) is 1. The molecule has 2 aliphatic carbocycles. The van der Waals surface area contributed by atoms with Crippen molar-refractivity contribution in [2.75, 3.05) is 5.32 Å². The van der Waals surface area contributed by atoms with E-state index in [0.29, 0.717) is 15.7 Å². The summed E-state index contributed by atoms with van der Waals surface area (Å²) in [6.45, 7) is 0. The first-order valence-electron chi connectivity index (χ1n) is 7.08. The molecule has 4 rings (SSSR count). The highest BCUT2D eigenvalue weighted by atomic mass is 79.9. The molecule has 3 fully saturated rings. The zero-order valence-electron chi connectivity index (χ0n) is 11.3. The van der Waals surface area contributed by atoms with Crippen LogP contribution in [0.25, 0.3) is 0 Å². The van der Waals surface area contributed by atoms with Crippen molar-refractivity contribution in [2.24, 2.45) is 23.7 Å². The third-order valence-electron chi connectivity index (χ3n) is 5.01. The normalized spacial score (nSPS) is 38.2. The van der Waals surface area contributed by atoms with Crippen LogP contribution in [0.5, 0.6) is 0 Å². The lowest BCUT2D eigenvalue weighted by molar-refractivity contribution is -0.145. The fourth-order valence-corrected chi connectivity index (χ4v) is 5.52. The van der Waals surface area contributed by atoms with E-state index in [1.165, 1.54) is 0 Å². The molecule has 7 heteroatoms. The van der Waals surface area contributed by atoms with Gasteiger partial charge in [-0.15, -0.1) is 0 Å². The van der Waals surface area contributed by atoms with Gasteiger partial charge < -0.3 is 10.1 Å². The number of nitrogens with one attached hydrogen (secondary N) is 1. The van der Waals surface area contributed by atoms with Crippen molar-refractivity contribution in [1.82, 2.24) is 0 Å². The standard InChI is InChI=1S/C15H12BrCl2NO3/c16-12-6-4-7-11(15(21)22-13(7)12)10(6)14(20)19-9-3-5(17)1-2-8(9)18/h1-3,6-7,10-13H,4H2,(H,19,20)/t6-,7-,10-,11-,12-,13+/m1/s1. The molecule has 1 N–H and O–H groups in total. The van der Waals surface area contributed by atoms with Gasteiger partial charge in [0.1, 0.15) is 6.10 Å². The molecule has 0 unspecified atom stereocenters. The maximum atomic E-state index is 12.7. The first-order valence-corrected chi connectivity index (χ1v) is 8.75. The Morgan fingerprint density at radius 3 is 2.86 bits per heavy atom. The summed E-state index contributed by atoms with van der Waals surface area (Å²) in [5, 5.41) is 3.73. The molecule has 22 heavy (non-hydrogen) atoms. The molecule has 4 nitrogen and oxygen atoms in total. The molecule has 1 saturated heterocycles. The van der Waals surface area contributed by atoms with E-state index in [1.807, 2.05) is 0 Å². The van der Waals surface area contributed by atoms with Crippen molar-refractivity contribution in [2.45, 2.75) is 17.4 Å². The fraction of sp³-hybridized carbons (Fsp3) is 0.467. The second-order valence-corrected chi connectivity index (χ2v) is 7.98. The molecule has 0 aromatic heterocycles. The molecule has 1 aromatic rings. The van der Waals surface area contributed by atoms with Gasteiger partial charge in [0.05, 0.1) is 27.4 Å². The van der Waals surface area contributed by atoms with Crippen molar-refractivity contribution in [1.29, 1.82) is 0 Å². The van der Waals surface area contributed by atoms with Crippen LogP contribution in [0.4, 0.5) is 5.69 Å². The van der Waals surface area contributed by atoms with Gasteiger partial charge in [0.15, 0.2) is 0 Å². The summed E-state index contributed by atoms with van der Waals surface area (Å²) >= 11 is 15.6. The number of anilines is 1. The van der Waals surface area contributed by atoms with E-state index >= 15 is 0 Å². The number of carbonyl (C=O) groups excluding carboxylic acids is 2. The summed E-state index contributed by atoms with van der Waals surface area (Å²) in [5.74, 6) is -0.894. The molecule has 116 valence electrons. The number of amides is 1. The number of halogens is 3. The summed E-state index contributed by atoms with van der Waals surface area (Å²) in [5.41, 5.74) is 0.468. The largest absolute Gasteiger partial charge is 0.461 e. The van der Waals surface area contributed by atoms with Crippen LogP contribution in [0.2, 0.25) is 10.0 Å². The molecule has 1 aliphatic heterocycles. The second kappa shape index (κ2) is 5.11. The maximum Gasteiger partial charge on any atom is 0.310 e. The van der Waals surface area contributed by atoms with E-state index in [4.69, 9.17) is 27.9 Å². The van der Waals surface area contributed by atoms with Crippen molar-refractivity contribution in [3.63, 3.8) is 0 Å². The minimum Gasteiger partial charge on any atom is -0.461 e. The number of rotatable bonds is 2. The Hall–Kier alpha value is -0.780. The number of fused-ring (bicyclic) bond motifs is 1. The van der Waals surface area contributed by atoms with Gasteiger partial charge in [-0.3, -0.25) is 9.59 Å². The summed E-state index contributed by atoms with van der Waals surface area (Å²) < 4.78 is 5.41. The van der Waals surface area contributed by atoms with Crippen LogP contribution in [0, 0.1) is 23.7 Å². The summed E-state index contributed by atoms with van der Waals surface area (Å²) in [6.07, 6.45) is 0.763. The average Bonchev–Trinajstić information content (AvgIpc) is 3.07. The van der Waals surface area contributed by atoms with Crippen LogP contribution in [0.3, 0.4) is 0 Å². The summed E-state index contributed by atoms with van der Waals surface area (Å²) in [7, 11) is 0. The minimum absolute atomic E-state index is 0.0470. The van der Waals surface area contributed by atoms with E-state index in [9.17, 15) is 9.59 Å². The Balaban J connectivity index is 1.61. The van der Waals surface area contributed by atoms with Gasteiger partial charge in [-0.2, -0.15) is 0 Å². The fourth-order valence-electron chi connectivity index (χ4n) is 4.14. The summed E-state index contributed by atoms with van der Waals surface area (Å²) in [6, 6.07) is 4.90. The third kappa shape index (κ3) is 2.02. The van der Waals surface area contributed by atoms with Crippen LogP contribution in [-0.4, -0.2) is 22.8 Å². The number of benzene rings is 1. The van der Waals surface area contributed by atoms with Crippen LogP contribution in [-0.2, 0) is 14.3 Å². The van der Waals surface area contributed by atoms with E-state index in [-0.39, 0.29) is 46.5 Å². The van der Waals surface area contributed by atoms with Gasteiger partial charge in [-0.1, -0.05) is 39.1 Å². The lowest BCUT2D eigenvalue weighted by atomic mass is 9.79. The SMILES string of the molecule is O=C(Nc1cc(Cl)ccc1Cl)[C@@H]1[C@H]2C[C@H]3[C@H](OC(=O)[C@H]31)[C@@H]2Br. The number of hydrogen-bond acceptors (Lipinski definition) is 3. The highest BCUT2D eigenvalue weighted by molar-refractivity contribution is 9.09. The van der Waals surface area contributed by atoms with Gasteiger partial charge in [0, 0.05) is 10.9 Å². The Morgan fingerprint density at radius 2 is 2.09 bits per heavy atom. The van der Waals surface area contributed by atoms with Crippen LogP contribution >= 0.6 is 39.1 Å². The predicted octanol–water partition coefficient (Wildman–Crippen LogP) is 3.50. The van der Waals surface area contributed by atoms with Gasteiger partial charge in [-0.25, -0.2) is 0 Å². The molecule has 2 saturated carbocycles. The van der Waals surface area contributed by atoms with E-state index in [2.05, 4.69) is 21.2 Å². The molecule has 1 aromatic carbocycles. The van der Waals surface area contributed by atoms with Gasteiger partial charge >= 0.3 is 5.97 Å². The Kier molecular flexibility index (Phi) is 3.44. The topological polar surface area (TPSA) is 55.4 Å². The first kappa shape index (κ1) is 14.8. The van der Waals surface area contributed by atoms with Gasteiger partial charge in [-0.05, 0) is 30.5 Å². The number of hydrogen-bond donors (Lipinski definition) is 1. The average molecular weight is 405 g/mol. The smallest absolute Gasteiger partial charge is 0.310 e. The zero-order valence-corrected chi connectivity index (χ0v) is 14.4. The number of esters is 1. The molecule has 1 heterocycles. The number of alkyl halides is 1. The monoisotopic (exact) mass is 403 g/mol. The lowest BCUT2D eigenvalue weighted by Crippen LogP contribution is -2.40. The van der Waals surface area contributed by atoms with E-state index in [0.717, 1.165) is 6.42 Å². The van der Waals surface area contributed by atoms with Crippen molar-refractivity contribution < 1.29 is 14.3 Å². The molecule has 3 aliphatic rings. The van der Waals surface area contributed by atoms with Crippen LogP contribution in [0.1, 0.15) is 6.42 Å². The quantitative estimate of drug-likeness (QED) is 0.606.